The summed E-state index contributed by atoms with van der Waals surface area (Å²) in [4.78, 5) is 14.6. The van der Waals surface area contributed by atoms with Gasteiger partial charge in [0, 0.05) is 18.3 Å². The van der Waals surface area contributed by atoms with Crippen LogP contribution < -0.4 is 5.32 Å². The fourth-order valence-corrected chi connectivity index (χ4v) is 4.16. The predicted octanol–water partition coefficient (Wildman–Crippen LogP) is 3.41. The molecule has 0 spiro atoms. The summed E-state index contributed by atoms with van der Waals surface area (Å²) >= 11 is 0. The number of hydrogen-bond donors (Lipinski definition) is 2. The summed E-state index contributed by atoms with van der Waals surface area (Å²) in [5.41, 5.74) is 0.915. The molecular weight excluding hydrogens is 286 g/mol. The minimum Gasteiger partial charge on any atom is -0.367 e. The second-order valence-electron chi connectivity index (χ2n) is 7.33. The average molecular weight is 313 g/mol. The number of hydrogen-bond acceptors (Lipinski definition) is 4. The smallest absolute Gasteiger partial charge is 0.142 e. The lowest BCUT2D eigenvalue weighted by molar-refractivity contribution is 0.109. The van der Waals surface area contributed by atoms with Gasteiger partial charge in [-0.15, -0.1) is 0 Å². The monoisotopic (exact) mass is 313 g/mol. The highest BCUT2D eigenvalue weighted by Crippen LogP contribution is 2.29. The number of piperidine rings is 1. The van der Waals surface area contributed by atoms with Gasteiger partial charge in [-0.05, 0) is 63.6 Å². The van der Waals surface area contributed by atoms with Gasteiger partial charge >= 0.3 is 0 Å². The van der Waals surface area contributed by atoms with E-state index in [1.54, 1.807) is 6.33 Å². The van der Waals surface area contributed by atoms with Gasteiger partial charge in [-0.2, -0.15) is 0 Å². The average Bonchev–Trinajstić information content (AvgIpc) is 3.06. The Morgan fingerprint density at radius 1 is 1.09 bits per heavy atom. The van der Waals surface area contributed by atoms with Crippen LogP contribution in [0, 0.1) is 5.92 Å². The maximum atomic E-state index is 4.44. The van der Waals surface area contributed by atoms with Gasteiger partial charge in [0.2, 0.25) is 0 Å². The van der Waals surface area contributed by atoms with E-state index in [-0.39, 0.29) is 0 Å². The zero-order valence-electron chi connectivity index (χ0n) is 14.0. The summed E-state index contributed by atoms with van der Waals surface area (Å²) < 4.78 is 0. The van der Waals surface area contributed by atoms with Gasteiger partial charge in [-0.3, -0.25) is 0 Å². The molecule has 5 heteroatoms. The van der Waals surface area contributed by atoms with E-state index < -0.39 is 0 Å². The summed E-state index contributed by atoms with van der Waals surface area (Å²) in [6.45, 7) is 5.00. The second kappa shape index (κ2) is 6.48. The molecule has 2 aliphatic rings. The summed E-state index contributed by atoms with van der Waals surface area (Å²) in [5.74, 6) is 1.90. The van der Waals surface area contributed by atoms with Crippen molar-refractivity contribution in [3.05, 3.63) is 18.6 Å². The van der Waals surface area contributed by atoms with Crippen molar-refractivity contribution in [1.29, 1.82) is 0 Å². The van der Waals surface area contributed by atoms with E-state index in [0.717, 1.165) is 28.8 Å². The van der Waals surface area contributed by atoms with Crippen LogP contribution in [0.15, 0.2) is 18.6 Å². The molecule has 3 heterocycles. The molecule has 0 bridgehead atoms. The standard InChI is InChI=1S/C18H27N5/c1-13-7-10-23(11-8-13)15-4-2-14(3-5-15)22-18-16-6-9-19-17(16)20-12-21-18/h6,9,12-15H,2-5,7-8,10-11H2,1H3,(H2,19,20,21,22). The first kappa shape index (κ1) is 14.9. The van der Waals surface area contributed by atoms with Gasteiger partial charge in [0.1, 0.15) is 17.8 Å². The molecule has 23 heavy (non-hydrogen) atoms. The van der Waals surface area contributed by atoms with Crippen LogP contribution in [0.3, 0.4) is 0 Å². The number of H-pyrrole nitrogens is 1. The van der Waals surface area contributed by atoms with Crippen molar-refractivity contribution < 1.29 is 0 Å². The highest BCUT2D eigenvalue weighted by Gasteiger charge is 2.28. The van der Waals surface area contributed by atoms with Crippen molar-refractivity contribution in [3.8, 4) is 0 Å². The Balaban J connectivity index is 1.34. The van der Waals surface area contributed by atoms with E-state index in [0.29, 0.717) is 6.04 Å². The predicted molar refractivity (Wildman–Crippen MR) is 93.5 cm³/mol. The van der Waals surface area contributed by atoms with Crippen molar-refractivity contribution in [1.82, 2.24) is 19.9 Å². The maximum Gasteiger partial charge on any atom is 0.142 e. The Kier molecular flexibility index (Phi) is 4.21. The van der Waals surface area contributed by atoms with E-state index in [1.165, 1.54) is 51.6 Å². The quantitative estimate of drug-likeness (QED) is 0.911. The molecule has 1 aliphatic heterocycles. The first-order valence-corrected chi connectivity index (χ1v) is 9.08. The number of likely N-dealkylation sites (tertiary alicyclic amines) is 1. The molecule has 0 atom stereocenters. The number of fused-ring (bicyclic) bond motifs is 1. The molecule has 0 radical (unpaired) electrons. The van der Waals surface area contributed by atoms with Crippen molar-refractivity contribution in [2.45, 2.75) is 57.5 Å². The topological polar surface area (TPSA) is 56.8 Å². The maximum absolute atomic E-state index is 4.44. The number of rotatable bonds is 3. The lowest BCUT2D eigenvalue weighted by atomic mass is 9.88. The number of aromatic nitrogens is 3. The zero-order chi connectivity index (χ0) is 15.6. The molecule has 2 aromatic heterocycles. The van der Waals surface area contributed by atoms with Crippen LogP contribution in [-0.2, 0) is 0 Å². The Morgan fingerprint density at radius 2 is 1.87 bits per heavy atom. The lowest BCUT2D eigenvalue weighted by Gasteiger charge is -2.40. The van der Waals surface area contributed by atoms with Crippen molar-refractivity contribution in [3.63, 3.8) is 0 Å². The summed E-state index contributed by atoms with van der Waals surface area (Å²) in [6.07, 6.45) is 11.4. The molecule has 124 valence electrons. The van der Waals surface area contributed by atoms with Gasteiger partial charge in [0.05, 0.1) is 5.39 Å². The molecule has 0 aromatic carbocycles. The third-order valence-corrected chi connectivity index (χ3v) is 5.73. The molecular formula is C18H27N5. The largest absolute Gasteiger partial charge is 0.367 e. The van der Waals surface area contributed by atoms with Gasteiger partial charge in [-0.1, -0.05) is 6.92 Å². The SMILES string of the molecule is CC1CCN(C2CCC(Nc3ncnc4[nH]ccc34)CC2)CC1. The van der Waals surface area contributed by atoms with E-state index in [2.05, 4.69) is 38.2 Å². The molecule has 1 saturated heterocycles. The minimum atomic E-state index is 0.544. The highest BCUT2D eigenvalue weighted by atomic mass is 15.2. The van der Waals surface area contributed by atoms with Gasteiger partial charge in [-0.25, -0.2) is 9.97 Å². The molecule has 2 N–H and O–H groups in total. The molecule has 5 nitrogen and oxygen atoms in total. The Bertz CT molecular complexity index is 636. The number of anilines is 1. The Morgan fingerprint density at radius 3 is 2.65 bits per heavy atom. The van der Waals surface area contributed by atoms with Crippen LogP contribution in [0.4, 0.5) is 5.82 Å². The second-order valence-corrected chi connectivity index (χ2v) is 7.33. The molecule has 2 fully saturated rings. The summed E-state index contributed by atoms with van der Waals surface area (Å²) in [7, 11) is 0. The third-order valence-electron chi connectivity index (χ3n) is 5.73. The van der Waals surface area contributed by atoms with Crippen LogP contribution in [0.2, 0.25) is 0 Å². The molecule has 2 aromatic rings. The van der Waals surface area contributed by atoms with Crippen LogP contribution >= 0.6 is 0 Å². The van der Waals surface area contributed by atoms with Crippen LogP contribution in [0.1, 0.15) is 45.4 Å². The Hall–Kier alpha value is -1.62. The van der Waals surface area contributed by atoms with E-state index in [1.807, 2.05) is 6.20 Å². The first-order chi connectivity index (χ1) is 11.3. The molecule has 0 amide bonds. The number of aromatic amines is 1. The highest BCUT2D eigenvalue weighted by molar-refractivity contribution is 5.86. The van der Waals surface area contributed by atoms with Crippen molar-refractivity contribution in [2.24, 2.45) is 5.92 Å². The van der Waals surface area contributed by atoms with E-state index in [4.69, 9.17) is 0 Å². The van der Waals surface area contributed by atoms with Gasteiger partial charge < -0.3 is 15.2 Å². The lowest BCUT2D eigenvalue weighted by Crippen LogP contribution is -2.44. The van der Waals surface area contributed by atoms with Gasteiger partial charge in [0.25, 0.3) is 0 Å². The fourth-order valence-electron chi connectivity index (χ4n) is 4.16. The van der Waals surface area contributed by atoms with Crippen LogP contribution in [0.25, 0.3) is 11.0 Å². The molecule has 1 aliphatic carbocycles. The number of nitrogens with zero attached hydrogens (tertiary/aromatic N) is 3. The third kappa shape index (κ3) is 3.20. The summed E-state index contributed by atoms with van der Waals surface area (Å²) in [5, 5.41) is 4.75. The number of nitrogens with one attached hydrogen (secondary N) is 2. The Labute approximate surface area is 137 Å². The van der Waals surface area contributed by atoms with Crippen molar-refractivity contribution >= 4 is 16.9 Å². The first-order valence-electron chi connectivity index (χ1n) is 9.08. The molecule has 4 rings (SSSR count). The van der Waals surface area contributed by atoms with Crippen molar-refractivity contribution in [2.75, 3.05) is 18.4 Å². The fraction of sp³-hybridized carbons (Fsp3) is 0.667. The van der Waals surface area contributed by atoms with E-state index in [9.17, 15) is 0 Å². The zero-order valence-corrected chi connectivity index (χ0v) is 14.0. The summed E-state index contributed by atoms with van der Waals surface area (Å²) in [6, 6.07) is 3.40. The van der Waals surface area contributed by atoms with Gasteiger partial charge in [0.15, 0.2) is 0 Å². The van der Waals surface area contributed by atoms with E-state index >= 15 is 0 Å². The normalized spacial score (nSPS) is 27.3. The minimum absolute atomic E-state index is 0.544. The molecule has 0 unspecified atom stereocenters. The molecule has 1 saturated carbocycles. The van der Waals surface area contributed by atoms with Crippen LogP contribution in [0.5, 0.6) is 0 Å². The van der Waals surface area contributed by atoms with Crippen LogP contribution in [-0.4, -0.2) is 45.0 Å².